The molecule has 0 aliphatic heterocycles. The number of aryl methyl sites for hydroxylation is 2. The Morgan fingerprint density at radius 2 is 0.963 bits per heavy atom. The molecule has 136 valence electrons. The van der Waals surface area contributed by atoms with E-state index in [9.17, 15) is 0 Å². The van der Waals surface area contributed by atoms with Gasteiger partial charge in [-0.1, -0.05) is 36.4 Å². The summed E-state index contributed by atoms with van der Waals surface area (Å²) in [4.78, 5) is 0. The van der Waals surface area contributed by atoms with E-state index < -0.39 is 0 Å². The van der Waals surface area contributed by atoms with Crippen LogP contribution in [0.5, 0.6) is 0 Å². The number of hydrogen-bond donors (Lipinski definition) is 0. The monoisotopic (exact) mass is 356 g/mol. The summed E-state index contributed by atoms with van der Waals surface area (Å²) in [5.41, 5.74) is 9.26. The van der Waals surface area contributed by atoms with Crippen LogP contribution in [0.3, 0.4) is 0 Å². The molecular formula is C23H24N4. The third-order valence-electron chi connectivity index (χ3n) is 5.24. The van der Waals surface area contributed by atoms with E-state index in [-0.39, 0.29) is 0 Å². The van der Waals surface area contributed by atoms with Gasteiger partial charge in [0.05, 0.1) is 22.8 Å². The van der Waals surface area contributed by atoms with Crippen molar-refractivity contribution in [3.63, 3.8) is 0 Å². The van der Waals surface area contributed by atoms with Crippen molar-refractivity contribution in [2.24, 2.45) is 0 Å². The number of benzene rings is 2. The Morgan fingerprint density at radius 1 is 0.593 bits per heavy atom. The molecule has 0 N–H and O–H groups in total. The van der Waals surface area contributed by atoms with E-state index >= 15 is 0 Å². The molecule has 4 heteroatoms. The van der Waals surface area contributed by atoms with E-state index in [4.69, 9.17) is 10.2 Å². The van der Waals surface area contributed by atoms with E-state index in [1.54, 1.807) is 0 Å². The summed E-state index contributed by atoms with van der Waals surface area (Å²) < 4.78 is 4.08. The SMILES string of the molecule is Cc1nn(-c2ccccc2)c(C)c1Cc1c(C)nn(-c2ccccc2)c1C. The van der Waals surface area contributed by atoms with Crippen LogP contribution in [0.25, 0.3) is 11.4 Å². The van der Waals surface area contributed by atoms with Gasteiger partial charge in [0, 0.05) is 28.9 Å². The Morgan fingerprint density at radius 3 is 1.33 bits per heavy atom. The zero-order chi connectivity index (χ0) is 19.0. The minimum absolute atomic E-state index is 0.842. The molecule has 27 heavy (non-hydrogen) atoms. The Labute approximate surface area is 160 Å². The molecule has 0 saturated carbocycles. The lowest BCUT2D eigenvalue weighted by Crippen LogP contribution is -2.01. The molecule has 2 aromatic carbocycles. The number of aromatic nitrogens is 4. The van der Waals surface area contributed by atoms with Gasteiger partial charge in [-0.15, -0.1) is 0 Å². The van der Waals surface area contributed by atoms with Gasteiger partial charge < -0.3 is 0 Å². The molecule has 4 nitrogen and oxygen atoms in total. The molecule has 0 fully saturated rings. The van der Waals surface area contributed by atoms with Crippen LogP contribution in [-0.2, 0) is 6.42 Å². The van der Waals surface area contributed by atoms with Gasteiger partial charge in [-0.3, -0.25) is 0 Å². The van der Waals surface area contributed by atoms with Gasteiger partial charge in [0.1, 0.15) is 0 Å². The molecule has 0 amide bonds. The van der Waals surface area contributed by atoms with Crippen molar-refractivity contribution in [3.8, 4) is 11.4 Å². The molecule has 0 bridgehead atoms. The third kappa shape index (κ3) is 3.08. The molecular weight excluding hydrogens is 332 g/mol. The normalized spacial score (nSPS) is 11.1. The summed E-state index contributed by atoms with van der Waals surface area (Å²) in [5.74, 6) is 0. The van der Waals surface area contributed by atoms with Crippen LogP contribution in [0.1, 0.15) is 33.9 Å². The average molecular weight is 356 g/mol. The van der Waals surface area contributed by atoms with Crippen LogP contribution in [0.4, 0.5) is 0 Å². The van der Waals surface area contributed by atoms with Gasteiger partial charge in [-0.05, 0) is 52.0 Å². The maximum Gasteiger partial charge on any atom is 0.0648 e. The van der Waals surface area contributed by atoms with Crippen LogP contribution < -0.4 is 0 Å². The largest absolute Gasteiger partial charge is 0.238 e. The first-order chi connectivity index (χ1) is 13.1. The molecule has 0 atom stereocenters. The fourth-order valence-electron chi connectivity index (χ4n) is 3.68. The van der Waals surface area contributed by atoms with Gasteiger partial charge in [0.2, 0.25) is 0 Å². The van der Waals surface area contributed by atoms with Crippen LogP contribution in [0.2, 0.25) is 0 Å². The lowest BCUT2D eigenvalue weighted by molar-refractivity contribution is 0.832. The average Bonchev–Trinajstić information content (AvgIpc) is 3.14. The number of rotatable bonds is 4. The first-order valence-electron chi connectivity index (χ1n) is 9.27. The van der Waals surface area contributed by atoms with E-state index in [0.29, 0.717) is 0 Å². The predicted molar refractivity (Wildman–Crippen MR) is 109 cm³/mol. The molecule has 2 heterocycles. The highest BCUT2D eigenvalue weighted by molar-refractivity contribution is 5.43. The maximum absolute atomic E-state index is 4.79. The Bertz CT molecular complexity index is 985. The zero-order valence-corrected chi connectivity index (χ0v) is 16.3. The molecule has 0 saturated heterocycles. The molecule has 2 aromatic heterocycles. The predicted octanol–water partition coefficient (Wildman–Crippen LogP) is 4.88. The summed E-state index contributed by atoms with van der Waals surface area (Å²) in [6, 6.07) is 20.6. The van der Waals surface area contributed by atoms with Crippen molar-refractivity contribution in [3.05, 3.63) is 94.6 Å². The van der Waals surface area contributed by atoms with E-state index in [2.05, 4.69) is 52.0 Å². The summed E-state index contributed by atoms with van der Waals surface area (Å²) in [6.45, 7) is 8.48. The highest BCUT2D eigenvalue weighted by atomic mass is 15.3. The number of para-hydroxylation sites is 2. The minimum atomic E-state index is 0.842. The molecule has 0 spiro atoms. The lowest BCUT2D eigenvalue weighted by Gasteiger charge is -2.07. The summed E-state index contributed by atoms with van der Waals surface area (Å²) in [6.07, 6.45) is 0.842. The third-order valence-corrected chi connectivity index (χ3v) is 5.24. The molecule has 0 radical (unpaired) electrons. The summed E-state index contributed by atoms with van der Waals surface area (Å²) >= 11 is 0. The highest BCUT2D eigenvalue weighted by Gasteiger charge is 2.18. The van der Waals surface area contributed by atoms with Gasteiger partial charge in [0.15, 0.2) is 0 Å². The molecule has 4 rings (SSSR count). The van der Waals surface area contributed by atoms with Crippen molar-refractivity contribution in [1.29, 1.82) is 0 Å². The first-order valence-corrected chi connectivity index (χ1v) is 9.27. The first kappa shape index (κ1) is 17.3. The van der Waals surface area contributed by atoms with E-state index in [1.165, 1.54) is 22.5 Å². The molecule has 0 unspecified atom stereocenters. The van der Waals surface area contributed by atoms with Crippen molar-refractivity contribution in [2.45, 2.75) is 34.1 Å². The quantitative estimate of drug-likeness (QED) is 0.522. The van der Waals surface area contributed by atoms with Gasteiger partial charge in [0.25, 0.3) is 0 Å². The maximum atomic E-state index is 4.79. The smallest absolute Gasteiger partial charge is 0.0648 e. The van der Waals surface area contributed by atoms with Crippen LogP contribution in [0, 0.1) is 27.7 Å². The van der Waals surface area contributed by atoms with E-state index in [0.717, 1.165) is 29.2 Å². The molecule has 0 aliphatic rings. The minimum Gasteiger partial charge on any atom is -0.238 e. The second kappa shape index (κ2) is 6.88. The fraction of sp³-hybridized carbons (Fsp3) is 0.217. The van der Waals surface area contributed by atoms with Crippen LogP contribution in [-0.4, -0.2) is 19.6 Å². The van der Waals surface area contributed by atoms with Gasteiger partial charge >= 0.3 is 0 Å². The van der Waals surface area contributed by atoms with Crippen molar-refractivity contribution in [2.75, 3.05) is 0 Å². The van der Waals surface area contributed by atoms with Gasteiger partial charge in [-0.2, -0.15) is 10.2 Å². The van der Waals surface area contributed by atoms with Crippen LogP contribution in [0.15, 0.2) is 60.7 Å². The van der Waals surface area contributed by atoms with Crippen molar-refractivity contribution < 1.29 is 0 Å². The molecule has 4 aromatic rings. The van der Waals surface area contributed by atoms with E-state index in [1.807, 2.05) is 45.8 Å². The standard InChI is InChI=1S/C23H24N4/c1-16-22(18(3)26(24-16)20-11-7-5-8-12-20)15-23-17(2)25-27(19(23)4)21-13-9-6-10-14-21/h5-14H,15H2,1-4H3. The lowest BCUT2D eigenvalue weighted by atomic mass is 10.0. The number of nitrogens with zero attached hydrogens (tertiary/aromatic N) is 4. The second-order valence-corrected chi connectivity index (χ2v) is 6.97. The summed E-state index contributed by atoms with van der Waals surface area (Å²) in [5, 5.41) is 9.58. The Balaban J connectivity index is 1.74. The van der Waals surface area contributed by atoms with Crippen molar-refractivity contribution in [1.82, 2.24) is 19.6 Å². The highest BCUT2D eigenvalue weighted by Crippen LogP contribution is 2.25. The van der Waals surface area contributed by atoms with Gasteiger partial charge in [-0.25, -0.2) is 9.36 Å². The Kier molecular flexibility index (Phi) is 4.40. The Hall–Kier alpha value is -3.14. The zero-order valence-electron chi connectivity index (χ0n) is 16.3. The van der Waals surface area contributed by atoms with Crippen LogP contribution >= 0.6 is 0 Å². The number of hydrogen-bond acceptors (Lipinski definition) is 2. The summed E-state index contributed by atoms with van der Waals surface area (Å²) in [7, 11) is 0. The second-order valence-electron chi connectivity index (χ2n) is 6.97. The fourth-order valence-corrected chi connectivity index (χ4v) is 3.68. The topological polar surface area (TPSA) is 35.6 Å². The van der Waals surface area contributed by atoms with Crippen molar-refractivity contribution >= 4 is 0 Å². The molecule has 0 aliphatic carbocycles.